The summed E-state index contributed by atoms with van der Waals surface area (Å²) in [6.07, 6.45) is 0. The summed E-state index contributed by atoms with van der Waals surface area (Å²) < 4.78 is 6.46. The molecule has 0 spiro atoms. The van der Waals surface area contributed by atoms with Crippen molar-refractivity contribution in [1.29, 1.82) is 0 Å². The van der Waals surface area contributed by atoms with E-state index < -0.39 is 18.5 Å². The number of fused-ring (bicyclic) bond motifs is 1. The molecular formula is C19H21N5O3. The summed E-state index contributed by atoms with van der Waals surface area (Å²) in [5.74, 6) is -0.618. The predicted octanol–water partition coefficient (Wildman–Crippen LogP) is 2.66. The van der Waals surface area contributed by atoms with Crippen molar-refractivity contribution in [2.75, 3.05) is 11.9 Å². The van der Waals surface area contributed by atoms with Crippen molar-refractivity contribution in [3.05, 3.63) is 53.1 Å². The quantitative estimate of drug-likeness (QED) is 0.696. The maximum absolute atomic E-state index is 12.1. The van der Waals surface area contributed by atoms with Crippen LogP contribution in [0.3, 0.4) is 0 Å². The minimum atomic E-state index is -0.775. The molecule has 1 N–H and O–H groups in total. The molecule has 0 aliphatic carbocycles. The molecule has 8 heteroatoms. The molecule has 1 amide bonds. The largest absolute Gasteiger partial charge is 0.450 e. The number of aryl methyl sites for hydroxylation is 2. The minimum absolute atomic E-state index is 0.134. The molecule has 0 aliphatic heterocycles. The van der Waals surface area contributed by atoms with Gasteiger partial charge in [0.05, 0.1) is 0 Å². The summed E-state index contributed by atoms with van der Waals surface area (Å²) in [6.45, 7) is 7.43. The third kappa shape index (κ3) is 4.28. The molecule has 0 saturated heterocycles. The lowest BCUT2D eigenvalue weighted by Crippen LogP contribution is -2.21. The highest BCUT2D eigenvalue weighted by Gasteiger charge is 2.17. The lowest BCUT2D eigenvalue weighted by molar-refractivity contribution is -0.119. The molecule has 2 aromatic heterocycles. The van der Waals surface area contributed by atoms with Gasteiger partial charge in [0.1, 0.15) is 0 Å². The highest BCUT2D eigenvalue weighted by atomic mass is 16.5. The highest BCUT2D eigenvalue weighted by Crippen LogP contribution is 2.17. The van der Waals surface area contributed by atoms with Gasteiger partial charge in [0.15, 0.2) is 6.61 Å². The molecule has 0 saturated carbocycles. The van der Waals surface area contributed by atoms with Gasteiger partial charge in [-0.05, 0) is 43.5 Å². The van der Waals surface area contributed by atoms with Crippen molar-refractivity contribution in [1.82, 2.24) is 19.6 Å². The van der Waals surface area contributed by atoms with Crippen molar-refractivity contribution >= 4 is 23.3 Å². The van der Waals surface area contributed by atoms with Crippen molar-refractivity contribution in [3.8, 4) is 0 Å². The van der Waals surface area contributed by atoms with Gasteiger partial charge < -0.3 is 10.1 Å². The number of esters is 1. The van der Waals surface area contributed by atoms with Crippen LogP contribution in [0, 0.1) is 13.8 Å². The Hall–Kier alpha value is -3.29. The maximum atomic E-state index is 12.1. The average Bonchev–Trinajstić information content (AvgIpc) is 3.04. The van der Waals surface area contributed by atoms with Crippen LogP contribution in [0.5, 0.6) is 0 Å². The Morgan fingerprint density at radius 3 is 2.52 bits per heavy atom. The zero-order valence-corrected chi connectivity index (χ0v) is 15.7. The third-order valence-corrected chi connectivity index (χ3v) is 4.00. The van der Waals surface area contributed by atoms with Crippen LogP contribution in [0.2, 0.25) is 0 Å². The fraction of sp³-hybridized carbons (Fsp3) is 0.316. The van der Waals surface area contributed by atoms with E-state index in [-0.39, 0.29) is 5.82 Å². The van der Waals surface area contributed by atoms with E-state index in [2.05, 4.69) is 34.2 Å². The molecule has 0 fully saturated rings. The van der Waals surface area contributed by atoms with Crippen molar-refractivity contribution in [2.45, 2.75) is 33.6 Å². The molecule has 0 radical (unpaired) electrons. The first-order valence-corrected chi connectivity index (χ1v) is 8.61. The van der Waals surface area contributed by atoms with Crippen LogP contribution >= 0.6 is 0 Å². The number of hydrogen-bond acceptors (Lipinski definition) is 6. The predicted molar refractivity (Wildman–Crippen MR) is 99.7 cm³/mol. The first-order valence-electron chi connectivity index (χ1n) is 8.61. The van der Waals surface area contributed by atoms with Gasteiger partial charge >= 0.3 is 5.97 Å². The molecule has 2 heterocycles. The first-order chi connectivity index (χ1) is 12.8. The van der Waals surface area contributed by atoms with Crippen LogP contribution in [0.4, 0.5) is 5.69 Å². The summed E-state index contributed by atoms with van der Waals surface area (Å²) in [6, 6.07) is 9.36. The number of hydrogen-bond donors (Lipinski definition) is 1. The van der Waals surface area contributed by atoms with Gasteiger partial charge in [-0.15, -0.1) is 5.10 Å². The zero-order chi connectivity index (χ0) is 19.6. The second-order valence-electron chi connectivity index (χ2n) is 6.59. The number of ether oxygens (including phenoxy) is 1. The lowest BCUT2D eigenvalue weighted by Gasteiger charge is -2.08. The Morgan fingerprint density at radius 2 is 1.85 bits per heavy atom. The van der Waals surface area contributed by atoms with Gasteiger partial charge in [-0.2, -0.15) is 4.98 Å². The molecule has 0 atom stereocenters. The minimum Gasteiger partial charge on any atom is -0.450 e. The van der Waals surface area contributed by atoms with E-state index in [9.17, 15) is 9.59 Å². The molecule has 0 bridgehead atoms. The molecule has 0 aliphatic rings. The third-order valence-electron chi connectivity index (χ3n) is 4.00. The van der Waals surface area contributed by atoms with Crippen LogP contribution in [0.15, 0.2) is 30.3 Å². The number of nitrogens with zero attached hydrogens (tertiary/aromatic N) is 4. The molecule has 3 rings (SSSR count). The van der Waals surface area contributed by atoms with E-state index >= 15 is 0 Å². The molecule has 27 heavy (non-hydrogen) atoms. The number of carbonyl (C=O) groups is 2. The van der Waals surface area contributed by atoms with Crippen LogP contribution < -0.4 is 5.32 Å². The topological polar surface area (TPSA) is 98.5 Å². The summed E-state index contributed by atoms with van der Waals surface area (Å²) in [7, 11) is 0. The lowest BCUT2D eigenvalue weighted by atomic mass is 10.0. The van der Waals surface area contributed by atoms with Gasteiger partial charge in [0, 0.05) is 17.1 Å². The average molecular weight is 367 g/mol. The zero-order valence-electron chi connectivity index (χ0n) is 15.7. The Kier molecular flexibility index (Phi) is 5.16. The van der Waals surface area contributed by atoms with Crippen LogP contribution in [0.25, 0.3) is 5.78 Å². The van der Waals surface area contributed by atoms with E-state index in [1.807, 2.05) is 44.2 Å². The number of rotatable bonds is 5. The van der Waals surface area contributed by atoms with Gasteiger partial charge in [0.25, 0.3) is 17.5 Å². The normalized spacial score (nSPS) is 11.0. The maximum Gasteiger partial charge on any atom is 0.378 e. The Labute approximate surface area is 156 Å². The number of nitrogens with one attached hydrogen (secondary N) is 1. The SMILES string of the molecule is Cc1cc(C)n2nc(C(=O)OCC(=O)Nc3ccc(C(C)C)cc3)nc2n1. The Balaban J connectivity index is 1.60. The van der Waals surface area contributed by atoms with Crippen LogP contribution in [-0.4, -0.2) is 38.1 Å². The molecular weight excluding hydrogens is 346 g/mol. The Bertz CT molecular complexity index is 992. The van der Waals surface area contributed by atoms with E-state index in [4.69, 9.17) is 4.74 Å². The van der Waals surface area contributed by atoms with Gasteiger partial charge in [-0.1, -0.05) is 26.0 Å². The fourth-order valence-electron chi connectivity index (χ4n) is 2.60. The van der Waals surface area contributed by atoms with E-state index in [0.717, 1.165) is 11.4 Å². The molecule has 3 aromatic rings. The second-order valence-corrected chi connectivity index (χ2v) is 6.59. The Morgan fingerprint density at radius 1 is 1.15 bits per heavy atom. The number of amides is 1. The number of aromatic nitrogens is 4. The monoisotopic (exact) mass is 367 g/mol. The fourth-order valence-corrected chi connectivity index (χ4v) is 2.60. The summed E-state index contributed by atoms with van der Waals surface area (Å²) >= 11 is 0. The molecule has 8 nitrogen and oxygen atoms in total. The van der Waals surface area contributed by atoms with Gasteiger partial charge in [-0.25, -0.2) is 14.3 Å². The van der Waals surface area contributed by atoms with E-state index in [0.29, 0.717) is 17.4 Å². The smallest absolute Gasteiger partial charge is 0.378 e. The second kappa shape index (κ2) is 7.53. The molecule has 140 valence electrons. The summed E-state index contributed by atoms with van der Waals surface area (Å²) in [4.78, 5) is 32.4. The number of carbonyl (C=O) groups excluding carboxylic acids is 2. The number of anilines is 1. The highest BCUT2D eigenvalue weighted by molar-refractivity contribution is 5.94. The van der Waals surface area contributed by atoms with E-state index in [1.54, 1.807) is 0 Å². The molecule has 1 aromatic carbocycles. The van der Waals surface area contributed by atoms with Gasteiger partial charge in [-0.3, -0.25) is 4.79 Å². The number of benzene rings is 1. The van der Waals surface area contributed by atoms with Crippen molar-refractivity contribution in [3.63, 3.8) is 0 Å². The van der Waals surface area contributed by atoms with E-state index in [1.165, 1.54) is 10.1 Å². The summed E-state index contributed by atoms with van der Waals surface area (Å²) in [5, 5.41) is 6.76. The van der Waals surface area contributed by atoms with Crippen molar-refractivity contribution < 1.29 is 14.3 Å². The first kappa shape index (κ1) is 18.5. The molecule has 0 unspecified atom stereocenters. The van der Waals surface area contributed by atoms with Gasteiger partial charge in [0.2, 0.25) is 0 Å². The summed E-state index contributed by atoms with van der Waals surface area (Å²) in [5.41, 5.74) is 3.39. The van der Waals surface area contributed by atoms with Crippen LogP contribution in [0.1, 0.15) is 47.3 Å². The van der Waals surface area contributed by atoms with Crippen molar-refractivity contribution in [2.24, 2.45) is 0 Å². The van der Waals surface area contributed by atoms with Crippen LogP contribution in [-0.2, 0) is 9.53 Å². The standard InChI is InChI=1S/C19H21N5O3/c1-11(2)14-5-7-15(8-6-14)21-16(25)10-27-18(26)17-22-19-20-12(3)9-13(4)24(19)23-17/h5-9,11H,10H2,1-4H3,(H,21,25).